The maximum absolute atomic E-state index is 10.4. The molecule has 0 bridgehead atoms. The van der Waals surface area contributed by atoms with E-state index in [1.54, 1.807) is 21.6 Å². The van der Waals surface area contributed by atoms with Gasteiger partial charge in [-0.2, -0.15) is 0 Å². The van der Waals surface area contributed by atoms with E-state index in [9.17, 15) is 4.79 Å². The van der Waals surface area contributed by atoms with Crippen LogP contribution in [0.1, 0.15) is 6.92 Å². The SMILES string of the molecule is CCSSC[C@H](N)C(N)=O. The maximum Gasteiger partial charge on any atom is 0.235 e. The maximum atomic E-state index is 10.4. The van der Waals surface area contributed by atoms with Gasteiger partial charge >= 0.3 is 0 Å². The lowest BCUT2D eigenvalue weighted by molar-refractivity contribution is -0.118. The lowest BCUT2D eigenvalue weighted by atomic mass is 10.4. The van der Waals surface area contributed by atoms with Crippen molar-refractivity contribution in [1.29, 1.82) is 0 Å². The highest BCUT2D eigenvalue weighted by Gasteiger charge is 2.07. The van der Waals surface area contributed by atoms with Crippen LogP contribution in [-0.4, -0.2) is 23.5 Å². The van der Waals surface area contributed by atoms with Gasteiger partial charge in [-0.3, -0.25) is 4.79 Å². The molecule has 0 rings (SSSR count). The normalized spacial score (nSPS) is 13.0. The van der Waals surface area contributed by atoms with E-state index >= 15 is 0 Å². The number of nitrogens with two attached hydrogens (primary N) is 2. The van der Waals surface area contributed by atoms with Gasteiger partial charge in [0.15, 0.2) is 0 Å². The zero-order valence-corrected chi connectivity index (χ0v) is 7.50. The second kappa shape index (κ2) is 5.88. The number of hydrogen-bond acceptors (Lipinski definition) is 4. The molecule has 0 aromatic heterocycles. The Kier molecular flexibility index (Phi) is 5.96. The molecule has 10 heavy (non-hydrogen) atoms. The van der Waals surface area contributed by atoms with Gasteiger partial charge in [-0.15, -0.1) is 0 Å². The highest BCUT2D eigenvalue weighted by molar-refractivity contribution is 8.76. The molecule has 0 aliphatic heterocycles. The van der Waals surface area contributed by atoms with E-state index in [2.05, 4.69) is 0 Å². The van der Waals surface area contributed by atoms with E-state index in [0.717, 1.165) is 5.75 Å². The molecule has 1 amide bonds. The highest BCUT2D eigenvalue weighted by Crippen LogP contribution is 2.20. The first-order valence-electron chi connectivity index (χ1n) is 2.97. The summed E-state index contributed by atoms with van der Waals surface area (Å²) in [6.07, 6.45) is 0. The van der Waals surface area contributed by atoms with Crippen LogP contribution in [-0.2, 0) is 4.79 Å². The predicted molar refractivity (Wildman–Crippen MR) is 47.8 cm³/mol. The van der Waals surface area contributed by atoms with Gasteiger partial charge in [0, 0.05) is 11.5 Å². The summed E-state index contributed by atoms with van der Waals surface area (Å²) in [6.45, 7) is 2.05. The van der Waals surface area contributed by atoms with Gasteiger partial charge in [-0.25, -0.2) is 0 Å². The number of rotatable bonds is 5. The minimum Gasteiger partial charge on any atom is -0.368 e. The van der Waals surface area contributed by atoms with Crippen molar-refractivity contribution in [1.82, 2.24) is 0 Å². The van der Waals surface area contributed by atoms with Crippen molar-refractivity contribution in [2.75, 3.05) is 11.5 Å². The van der Waals surface area contributed by atoms with Gasteiger partial charge in [0.25, 0.3) is 0 Å². The summed E-state index contributed by atoms with van der Waals surface area (Å²) < 4.78 is 0. The summed E-state index contributed by atoms with van der Waals surface area (Å²) in [4.78, 5) is 10.4. The van der Waals surface area contributed by atoms with Gasteiger partial charge < -0.3 is 11.5 Å². The summed E-state index contributed by atoms with van der Waals surface area (Å²) >= 11 is 0. The molecule has 0 aliphatic carbocycles. The molecule has 4 N–H and O–H groups in total. The molecule has 0 spiro atoms. The third-order valence-corrected chi connectivity index (χ3v) is 3.33. The second-order valence-corrected chi connectivity index (χ2v) is 4.50. The fourth-order valence-electron chi connectivity index (χ4n) is 0.287. The van der Waals surface area contributed by atoms with E-state index in [-0.39, 0.29) is 0 Å². The lowest BCUT2D eigenvalue weighted by Crippen LogP contribution is -2.38. The Morgan fingerprint density at radius 3 is 2.60 bits per heavy atom. The van der Waals surface area contributed by atoms with Crippen LogP contribution in [0.15, 0.2) is 0 Å². The van der Waals surface area contributed by atoms with Gasteiger partial charge in [-0.05, 0) is 0 Å². The van der Waals surface area contributed by atoms with Crippen LogP contribution in [0.2, 0.25) is 0 Å². The monoisotopic (exact) mass is 180 g/mol. The molecule has 0 aromatic rings. The Morgan fingerprint density at radius 2 is 2.20 bits per heavy atom. The number of hydrogen-bond donors (Lipinski definition) is 2. The predicted octanol–water partition coefficient (Wildman–Crippen LogP) is 0.200. The summed E-state index contributed by atoms with van der Waals surface area (Å²) in [7, 11) is 3.26. The summed E-state index contributed by atoms with van der Waals surface area (Å²) in [5.41, 5.74) is 10.3. The van der Waals surface area contributed by atoms with Crippen LogP contribution in [0.25, 0.3) is 0 Å². The highest BCUT2D eigenvalue weighted by atomic mass is 33.1. The lowest BCUT2D eigenvalue weighted by Gasteiger charge is -2.04. The van der Waals surface area contributed by atoms with Crippen molar-refractivity contribution in [3.05, 3.63) is 0 Å². The van der Waals surface area contributed by atoms with Gasteiger partial charge in [0.05, 0.1) is 6.04 Å². The Hall–Kier alpha value is 0.130. The number of carbonyl (C=O) groups excluding carboxylic acids is 1. The molecule has 0 unspecified atom stereocenters. The van der Waals surface area contributed by atoms with Crippen LogP contribution in [0.4, 0.5) is 0 Å². The van der Waals surface area contributed by atoms with Crippen LogP contribution in [0, 0.1) is 0 Å². The third-order valence-electron chi connectivity index (χ3n) is 0.814. The molecule has 0 heterocycles. The first-order valence-corrected chi connectivity index (χ1v) is 5.46. The van der Waals surface area contributed by atoms with Crippen molar-refractivity contribution >= 4 is 27.5 Å². The molecule has 60 valence electrons. The van der Waals surface area contributed by atoms with E-state index in [1.807, 2.05) is 6.92 Å². The topological polar surface area (TPSA) is 69.1 Å². The Bertz CT molecular complexity index is 110. The number of primary amides is 1. The largest absolute Gasteiger partial charge is 0.368 e. The summed E-state index contributed by atoms with van der Waals surface area (Å²) in [5, 5.41) is 0. The standard InChI is InChI=1S/C5H12N2OS2/c1-2-9-10-3-4(6)5(7)8/h4H,2-3,6H2,1H3,(H2,7,8)/t4-/m0/s1. The van der Waals surface area contributed by atoms with E-state index in [0.29, 0.717) is 5.75 Å². The van der Waals surface area contributed by atoms with Gasteiger partial charge in [0.1, 0.15) is 0 Å². The van der Waals surface area contributed by atoms with E-state index in [1.165, 1.54) is 0 Å². The average molecular weight is 180 g/mol. The quantitative estimate of drug-likeness (QED) is 0.468. The number of carbonyl (C=O) groups is 1. The van der Waals surface area contributed by atoms with Gasteiger partial charge in [-0.1, -0.05) is 28.5 Å². The molecule has 5 heteroatoms. The van der Waals surface area contributed by atoms with Crippen molar-refractivity contribution in [2.24, 2.45) is 11.5 Å². The second-order valence-electron chi connectivity index (χ2n) is 1.70. The Morgan fingerprint density at radius 1 is 1.60 bits per heavy atom. The number of amides is 1. The zero-order valence-electron chi connectivity index (χ0n) is 5.87. The minimum atomic E-state index is -0.496. The van der Waals surface area contributed by atoms with Crippen molar-refractivity contribution in [3.63, 3.8) is 0 Å². The first-order chi connectivity index (χ1) is 4.68. The van der Waals surface area contributed by atoms with E-state index < -0.39 is 11.9 Å². The molecule has 0 saturated carbocycles. The molecular weight excluding hydrogens is 168 g/mol. The van der Waals surface area contributed by atoms with Crippen LogP contribution < -0.4 is 11.5 Å². The Labute approximate surface area is 68.7 Å². The summed E-state index contributed by atoms with van der Waals surface area (Å²) in [6, 6.07) is -0.496. The average Bonchev–Trinajstić information content (AvgIpc) is 1.88. The molecule has 0 radical (unpaired) electrons. The fraction of sp³-hybridized carbons (Fsp3) is 0.800. The smallest absolute Gasteiger partial charge is 0.235 e. The zero-order chi connectivity index (χ0) is 7.98. The fourth-order valence-corrected chi connectivity index (χ4v) is 2.09. The van der Waals surface area contributed by atoms with Crippen molar-refractivity contribution in [2.45, 2.75) is 13.0 Å². The molecule has 1 atom stereocenters. The first kappa shape index (κ1) is 10.1. The minimum absolute atomic E-state index is 0.427. The van der Waals surface area contributed by atoms with Crippen molar-refractivity contribution in [3.8, 4) is 0 Å². The van der Waals surface area contributed by atoms with Gasteiger partial charge in [0.2, 0.25) is 5.91 Å². The molecule has 0 aliphatic rings. The molecule has 3 nitrogen and oxygen atoms in total. The molecule has 0 fully saturated rings. The van der Waals surface area contributed by atoms with Crippen LogP contribution >= 0.6 is 21.6 Å². The van der Waals surface area contributed by atoms with Crippen LogP contribution in [0.5, 0.6) is 0 Å². The third kappa shape index (κ3) is 4.96. The molecule has 0 saturated heterocycles. The Balaban J connectivity index is 3.21. The van der Waals surface area contributed by atoms with Crippen molar-refractivity contribution < 1.29 is 4.79 Å². The molecular formula is C5H12N2OS2. The van der Waals surface area contributed by atoms with E-state index in [4.69, 9.17) is 11.5 Å². The summed E-state index contributed by atoms with van der Waals surface area (Å²) in [5.74, 6) is 1.20. The van der Waals surface area contributed by atoms with Crippen LogP contribution in [0.3, 0.4) is 0 Å². The molecule has 0 aromatic carbocycles.